The van der Waals surface area contributed by atoms with Crippen LogP contribution < -0.4 is 10.6 Å². The Labute approximate surface area is 145 Å². The van der Waals surface area contributed by atoms with Gasteiger partial charge in [0.2, 0.25) is 0 Å². The van der Waals surface area contributed by atoms with Gasteiger partial charge in [-0.1, -0.05) is 12.1 Å². The molecule has 140 valence electrons. The number of piperidine rings is 1. The van der Waals surface area contributed by atoms with E-state index in [0.29, 0.717) is 19.1 Å². The lowest BCUT2D eigenvalue weighted by Gasteiger charge is -2.31. The molecule has 0 spiro atoms. The highest BCUT2D eigenvalue weighted by Crippen LogP contribution is 2.34. The lowest BCUT2D eigenvalue weighted by atomic mass is 9.97. The molecule has 0 bridgehead atoms. The minimum Gasteiger partial charge on any atom is -0.383 e. The molecule has 1 aliphatic heterocycles. The van der Waals surface area contributed by atoms with Crippen LogP contribution in [0.15, 0.2) is 24.3 Å². The number of carbonyl (C=O) groups excluding carboxylic acids is 1. The van der Waals surface area contributed by atoms with E-state index in [1.165, 1.54) is 18.2 Å². The maximum atomic E-state index is 12.9. The van der Waals surface area contributed by atoms with Crippen LogP contribution in [0.5, 0.6) is 0 Å². The van der Waals surface area contributed by atoms with Gasteiger partial charge in [-0.2, -0.15) is 13.2 Å². The predicted octanol–water partition coefficient (Wildman–Crippen LogP) is 3.19. The Bertz CT molecular complexity index is 558. The first-order valence-corrected chi connectivity index (χ1v) is 8.32. The van der Waals surface area contributed by atoms with Gasteiger partial charge in [0.15, 0.2) is 0 Å². The Morgan fingerprint density at radius 1 is 1.28 bits per heavy atom. The summed E-state index contributed by atoms with van der Waals surface area (Å²) >= 11 is 0. The molecule has 1 heterocycles. The third kappa shape index (κ3) is 6.21. The number of methoxy groups -OCH3 is 1. The first kappa shape index (κ1) is 19.5. The van der Waals surface area contributed by atoms with Crippen LogP contribution in [0.1, 0.15) is 18.4 Å². The van der Waals surface area contributed by atoms with E-state index in [9.17, 15) is 18.0 Å². The predicted molar refractivity (Wildman–Crippen MR) is 89.5 cm³/mol. The monoisotopic (exact) mass is 359 g/mol. The summed E-state index contributed by atoms with van der Waals surface area (Å²) in [6.07, 6.45) is -2.61. The van der Waals surface area contributed by atoms with Crippen LogP contribution in [0.3, 0.4) is 0 Å². The number of nitrogens with zero attached hydrogens (tertiary/aromatic N) is 1. The summed E-state index contributed by atoms with van der Waals surface area (Å²) in [5, 5.41) is 4.97. The highest BCUT2D eigenvalue weighted by atomic mass is 19.4. The molecule has 5 nitrogen and oxygen atoms in total. The van der Waals surface area contributed by atoms with Crippen molar-refractivity contribution in [2.45, 2.75) is 19.0 Å². The number of halogens is 3. The van der Waals surface area contributed by atoms with Gasteiger partial charge in [-0.05, 0) is 44.0 Å². The van der Waals surface area contributed by atoms with Crippen LogP contribution in [0, 0.1) is 5.92 Å². The normalized spacial score (nSPS) is 16.6. The van der Waals surface area contributed by atoms with E-state index in [0.717, 1.165) is 38.5 Å². The molecule has 2 rings (SSSR count). The molecule has 2 N–H and O–H groups in total. The zero-order valence-electron chi connectivity index (χ0n) is 14.2. The number of benzene rings is 1. The van der Waals surface area contributed by atoms with Crippen LogP contribution in [-0.2, 0) is 10.9 Å². The summed E-state index contributed by atoms with van der Waals surface area (Å²) in [6, 6.07) is 4.34. The minimum atomic E-state index is -4.50. The van der Waals surface area contributed by atoms with Crippen molar-refractivity contribution in [1.82, 2.24) is 10.2 Å². The van der Waals surface area contributed by atoms with E-state index in [2.05, 4.69) is 15.5 Å². The highest BCUT2D eigenvalue weighted by Gasteiger charge is 2.33. The van der Waals surface area contributed by atoms with Crippen molar-refractivity contribution in [3.05, 3.63) is 29.8 Å². The maximum absolute atomic E-state index is 12.9. The van der Waals surface area contributed by atoms with E-state index in [1.54, 1.807) is 7.11 Å². The van der Waals surface area contributed by atoms with Crippen molar-refractivity contribution in [3.8, 4) is 0 Å². The molecular weight excluding hydrogens is 335 g/mol. The summed E-state index contributed by atoms with van der Waals surface area (Å²) in [5.74, 6) is 0.336. The quantitative estimate of drug-likeness (QED) is 0.820. The lowest BCUT2D eigenvalue weighted by molar-refractivity contribution is -0.136. The number of para-hydroxylation sites is 1. The van der Waals surface area contributed by atoms with Crippen molar-refractivity contribution >= 4 is 11.7 Å². The Hall–Kier alpha value is -1.80. The molecule has 1 saturated heterocycles. The van der Waals surface area contributed by atoms with Gasteiger partial charge in [0, 0.05) is 20.2 Å². The van der Waals surface area contributed by atoms with E-state index >= 15 is 0 Å². The van der Waals surface area contributed by atoms with Crippen molar-refractivity contribution < 1.29 is 22.7 Å². The fraction of sp³-hybridized carbons (Fsp3) is 0.588. The number of amides is 2. The third-order valence-electron chi connectivity index (χ3n) is 4.35. The molecule has 1 aromatic rings. The molecule has 0 radical (unpaired) electrons. The van der Waals surface area contributed by atoms with E-state index in [-0.39, 0.29) is 5.69 Å². The minimum absolute atomic E-state index is 0.234. The van der Waals surface area contributed by atoms with Crippen molar-refractivity contribution in [1.29, 1.82) is 0 Å². The Kier molecular flexibility index (Phi) is 7.07. The number of nitrogens with one attached hydrogen (secondary N) is 2. The molecule has 0 atom stereocenters. The van der Waals surface area contributed by atoms with Gasteiger partial charge in [-0.25, -0.2) is 4.79 Å². The number of alkyl halides is 3. The van der Waals surface area contributed by atoms with Gasteiger partial charge >= 0.3 is 12.2 Å². The zero-order chi connectivity index (χ0) is 18.3. The number of likely N-dealkylation sites (tertiary alicyclic amines) is 1. The number of ether oxygens (including phenoxy) is 1. The fourth-order valence-corrected chi connectivity index (χ4v) is 2.88. The lowest BCUT2D eigenvalue weighted by Crippen LogP contribution is -2.40. The van der Waals surface area contributed by atoms with E-state index in [1.807, 2.05) is 0 Å². The van der Waals surface area contributed by atoms with Crippen molar-refractivity contribution in [3.63, 3.8) is 0 Å². The van der Waals surface area contributed by atoms with Crippen molar-refractivity contribution in [2.24, 2.45) is 5.92 Å². The second-order valence-corrected chi connectivity index (χ2v) is 6.16. The zero-order valence-corrected chi connectivity index (χ0v) is 14.2. The number of anilines is 1. The van der Waals surface area contributed by atoms with Crippen molar-refractivity contribution in [2.75, 3.05) is 45.2 Å². The van der Waals surface area contributed by atoms with Gasteiger partial charge in [-0.15, -0.1) is 0 Å². The summed E-state index contributed by atoms with van der Waals surface area (Å²) < 4.78 is 43.8. The van der Waals surface area contributed by atoms with E-state index in [4.69, 9.17) is 4.74 Å². The Morgan fingerprint density at radius 2 is 1.96 bits per heavy atom. The summed E-state index contributed by atoms with van der Waals surface area (Å²) in [6.45, 7) is 3.93. The molecule has 1 aromatic carbocycles. The third-order valence-corrected chi connectivity index (χ3v) is 4.35. The smallest absolute Gasteiger partial charge is 0.383 e. The Morgan fingerprint density at radius 3 is 2.60 bits per heavy atom. The molecule has 0 aliphatic carbocycles. The standard InChI is InChI=1S/C17H24F3N3O2/c1-25-11-10-23-8-6-13(7-9-23)12-21-16(24)22-15-5-3-2-4-14(15)17(18,19)20/h2-5,13H,6-12H2,1H3,(H2,21,22,24). The largest absolute Gasteiger partial charge is 0.418 e. The molecule has 0 unspecified atom stereocenters. The molecule has 8 heteroatoms. The summed E-state index contributed by atoms with van der Waals surface area (Å²) in [5.41, 5.74) is -1.08. The number of urea groups is 1. The average Bonchev–Trinajstić information content (AvgIpc) is 2.58. The van der Waals surface area contributed by atoms with Gasteiger partial charge in [0.25, 0.3) is 0 Å². The highest BCUT2D eigenvalue weighted by molar-refractivity contribution is 5.90. The second kappa shape index (κ2) is 9.05. The number of rotatable bonds is 6. The number of hydrogen-bond acceptors (Lipinski definition) is 3. The molecular formula is C17H24F3N3O2. The van der Waals surface area contributed by atoms with E-state index < -0.39 is 17.8 Å². The first-order valence-electron chi connectivity index (χ1n) is 8.32. The second-order valence-electron chi connectivity index (χ2n) is 6.16. The van der Waals surface area contributed by atoms with Crippen LogP contribution in [0.25, 0.3) is 0 Å². The first-order chi connectivity index (χ1) is 11.9. The SMILES string of the molecule is COCCN1CCC(CNC(=O)Nc2ccccc2C(F)(F)F)CC1. The Balaban J connectivity index is 1.77. The number of carbonyl (C=O) groups is 1. The van der Waals surface area contributed by atoms with Gasteiger partial charge in [-0.3, -0.25) is 0 Å². The fourth-order valence-electron chi connectivity index (χ4n) is 2.88. The molecule has 0 saturated carbocycles. The van der Waals surface area contributed by atoms with Crippen LogP contribution >= 0.6 is 0 Å². The molecule has 2 amide bonds. The molecule has 0 aromatic heterocycles. The van der Waals surface area contributed by atoms with Gasteiger partial charge in [0.1, 0.15) is 0 Å². The topological polar surface area (TPSA) is 53.6 Å². The van der Waals surface area contributed by atoms with Gasteiger partial charge < -0.3 is 20.3 Å². The van der Waals surface area contributed by atoms with Crippen LogP contribution in [0.4, 0.5) is 23.7 Å². The molecule has 1 aliphatic rings. The summed E-state index contributed by atoms with van der Waals surface area (Å²) in [4.78, 5) is 14.2. The summed E-state index contributed by atoms with van der Waals surface area (Å²) in [7, 11) is 1.67. The molecule has 1 fully saturated rings. The maximum Gasteiger partial charge on any atom is 0.418 e. The number of hydrogen-bond donors (Lipinski definition) is 2. The van der Waals surface area contributed by atoms with Crippen LogP contribution in [0.2, 0.25) is 0 Å². The average molecular weight is 359 g/mol. The molecule has 25 heavy (non-hydrogen) atoms. The van der Waals surface area contributed by atoms with Gasteiger partial charge in [0.05, 0.1) is 17.9 Å². The van der Waals surface area contributed by atoms with Crippen LogP contribution in [-0.4, -0.2) is 50.8 Å².